The lowest BCUT2D eigenvalue weighted by Crippen LogP contribution is -2.53. The van der Waals surface area contributed by atoms with Crippen molar-refractivity contribution in [3.8, 4) is 0 Å². The van der Waals surface area contributed by atoms with E-state index >= 15 is 0 Å². The first-order valence-electron chi connectivity index (χ1n) is 10.6. The lowest BCUT2D eigenvalue weighted by molar-refractivity contribution is -0.0175. The second kappa shape index (κ2) is 12.7. The number of hydrogen-bond acceptors (Lipinski definition) is 4. The van der Waals surface area contributed by atoms with Gasteiger partial charge in [-0.15, -0.1) is 24.0 Å². The lowest BCUT2D eigenvalue weighted by atomic mass is 10.1. The molecule has 3 atom stereocenters. The van der Waals surface area contributed by atoms with Crippen LogP contribution in [0.5, 0.6) is 0 Å². The summed E-state index contributed by atoms with van der Waals surface area (Å²) in [6, 6.07) is 11.3. The Morgan fingerprint density at radius 3 is 2.83 bits per heavy atom. The number of halogens is 1. The monoisotopic (exact) mass is 516 g/mol. The molecule has 0 saturated carbocycles. The minimum absolute atomic E-state index is 0. The number of hydrogen-bond donors (Lipinski definition) is 1. The third kappa shape index (κ3) is 7.38. The highest BCUT2D eigenvalue weighted by atomic mass is 127. The molecule has 164 valence electrons. The normalized spacial score (nSPS) is 24.2. The van der Waals surface area contributed by atoms with E-state index in [-0.39, 0.29) is 24.0 Å². The van der Waals surface area contributed by atoms with Crippen LogP contribution in [0.25, 0.3) is 0 Å². The van der Waals surface area contributed by atoms with Gasteiger partial charge in [-0.2, -0.15) is 0 Å². The Bertz CT molecular complexity index is 616. The summed E-state index contributed by atoms with van der Waals surface area (Å²) in [5.74, 6) is 1.58. The van der Waals surface area contributed by atoms with Gasteiger partial charge in [0.25, 0.3) is 0 Å². The Hall–Kier alpha value is -0.900. The number of benzene rings is 1. The van der Waals surface area contributed by atoms with Gasteiger partial charge in [0.2, 0.25) is 0 Å². The average molecular weight is 516 g/mol. The molecule has 0 spiro atoms. The van der Waals surface area contributed by atoms with Crippen molar-refractivity contribution in [3.05, 3.63) is 35.9 Å². The fourth-order valence-corrected chi connectivity index (χ4v) is 4.16. The van der Waals surface area contributed by atoms with E-state index in [1.807, 2.05) is 13.1 Å². The van der Waals surface area contributed by atoms with Gasteiger partial charge in [-0.25, -0.2) is 0 Å². The van der Waals surface area contributed by atoms with Crippen LogP contribution in [0.4, 0.5) is 0 Å². The summed E-state index contributed by atoms with van der Waals surface area (Å²) in [7, 11) is 1.88. The molecule has 0 amide bonds. The van der Waals surface area contributed by atoms with Crippen LogP contribution < -0.4 is 5.32 Å². The van der Waals surface area contributed by atoms with Crippen molar-refractivity contribution < 1.29 is 9.47 Å². The van der Waals surface area contributed by atoms with E-state index < -0.39 is 0 Å². The van der Waals surface area contributed by atoms with Gasteiger partial charge in [-0.05, 0) is 25.8 Å². The first-order valence-corrected chi connectivity index (χ1v) is 10.6. The second-order valence-corrected chi connectivity index (χ2v) is 8.04. The van der Waals surface area contributed by atoms with E-state index in [1.165, 1.54) is 5.56 Å². The molecule has 29 heavy (non-hydrogen) atoms. The zero-order chi connectivity index (χ0) is 19.8. The topological polar surface area (TPSA) is 49.3 Å². The summed E-state index contributed by atoms with van der Waals surface area (Å²) in [5.41, 5.74) is 1.24. The van der Waals surface area contributed by atoms with Crippen LogP contribution in [-0.2, 0) is 16.1 Å². The fourth-order valence-electron chi connectivity index (χ4n) is 4.16. The van der Waals surface area contributed by atoms with Gasteiger partial charge in [0.1, 0.15) is 0 Å². The van der Waals surface area contributed by atoms with Crippen molar-refractivity contribution in [2.45, 2.75) is 39.0 Å². The van der Waals surface area contributed by atoms with Gasteiger partial charge < -0.3 is 19.7 Å². The Labute approximate surface area is 193 Å². The molecule has 0 aromatic heterocycles. The lowest BCUT2D eigenvalue weighted by Gasteiger charge is -2.38. The van der Waals surface area contributed by atoms with Crippen molar-refractivity contribution in [1.82, 2.24) is 15.1 Å². The van der Waals surface area contributed by atoms with Crippen LogP contribution in [0.2, 0.25) is 0 Å². The molecule has 1 N–H and O–H groups in total. The number of ether oxygens (including phenoxy) is 2. The highest BCUT2D eigenvalue weighted by molar-refractivity contribution is 14.0. The van der Waals surface area contributed by atoms with Crippen LogP contribution in [0.1, 0.15) is 25.8 Å². The highest BCUT2D eigenvalue weighted by Gasteiger charge is 2.27. The maximum atomic E-state index is 5.95. The molecule has 1 aromatic carbocycles. The van der Waals surface area contributed by atoms with Crippen molar-refractivity contribution >= 4 is 29.9 Å². The van der Waals surface area contributed by atoms with E-state index in [1.54, 1.807) is 0 Å². The smallest absolute Gasteiger partial charge is 0.193 e. The Balaban J connectivity index is 0.00000300. The number of morpholine rings is 1. The average Bonchev–Trinajstić information content (AvgIpc) is 3.18. The Morgan fingerprint density at radius 1 is 1.31 bits per heavy atom. The van der Waals surface area contributed by atoms with Crippen molar-refractivity contribution in [2.75, 3.05) is 53.0 Å². The molecule has 1 aromatic rings. The van der Waals surface area contributed by atoms with Crippen LogP contribution >= 0.6 is 24.0 Å². The molecule has 3 rings (SSSR count). The van der Waals surface area contributed by atoms with E-state index in [0.29, 0.717) is 24.6 Å². The largest absolute Gasteiger partial charge is 0.379 e. The van der Waals surface area contributed by atoms with Gasteiger partial charge in [-0.1, -0.05) is 30.3 Å². The molecule has 2 fully saturated rings. The third-order valence-corrected chi connectivity index (χ3v) is 5.80. The van der Waals surface area contributed by atoms with Crippen LogP contribution in [0.15, 0.2) is 35.3 Å². The number of nitrogens with zero attached hydrogens (tertiary/aromatic N) is 3. The molecule has 2 saturated heterocycles. The minimum Gasteiger partial charge on any atom is -0.379 e. The van der Waals surface area contributed by atoms with Gasteiger partial charge in [0.05, 0.1) is 26.4 Å². The molecule has 0 aliphatic carbocycles. The van der Waals surface area contributed by atoms with Crippen LogP contribution in [-0.4, -0.2) is 80.9 Å². The maximum Gasteiger partial charge on any atom is 0.193 e. The second-order valence-electron chi connectivity index (χ2n) is 8.04. The van der Waals surface area contributed by atoms with Gasteiger partial charge >= 0.3 is 0 Å². The van der Waals surface area contributed by atoms with E-state index in [9.17, 15) is 0 Å². The first-order chi connectivity index (χ1) is 13.7. The molecule has 3 unspecified atom stereocenters. The summed E-state index contributed by atoms with van der Waals surface area (Å²) >= 11 is 0. The minimum atomic E-state index is 0. The predicted octanol–water partition coefficient (Wildman–Crippen LogP) is 2.83. The van der Waals surface area contributed by atoms with E-state index in [0.717, 1.165) is 58.4 Å². The predicted molar refractivity (Wildman–Crippen MR) is 129 cm³/mol. The number of guanidine groups is 1. The number of rotatable bonds is 7. The van der Waals surface area contributed by atoms with E-state index in [2.05, 4.69) is 58.2 Å². The third-order valence-electron chi connectivity index (χ3n) is 5.80. The molecule has 6 nitrogen and oxygen atoms in total. The SMILES string of the molecule is CN=C(NCC(C)N1CCOCC1C)N1CCC(COCc2ccccc2)C1.I. The van der Waals surface area contributed by atoms with Crippen LogP contribution in [0, 0.1) is 5.92 Å². The summed E-state index contributed by atoms with van der Waals surface area (Å²) in [4.78, 5) is 9.40. The quantitative estimate of drug-likeness (QED) is 0.343. The van der Waals surface area contributed by atoms with Gasteiger partial charge in [-0.3, -0.25) is 9.89 Å². The maximum absolute atomic E-state index is 5.95. The fraction of sp³-hybridized carbons (Fsp3) is 0.682. The number of aliphatic imine (C=N–C) groups is 1. The van der Waals surface area contributed by atoms with Crippen molar-refractivity contribution in [3.63, 3.8) is 0 Å². The van der Waals surface area contributed by atoms with Crippen molar-refractivity contribution in [1.29, 1.82) is 0 Å². The zero-order valence-corrected chi connectivity index (χ0v) is 20.4. The molecule has 0 radical (unpaired) electrons. The Morgan fingerprint density at radius 2 is 2.10 bits per heavy atom. The molecule has 0 bridgehead atoms. The molecular weight excluding hydrogens is 479 g/mol. The zero-order valence-electron chi connectivity index (χ0n) is 18.0. The molecule has 2 aliphatic rings. The number of likely N-dealkylation sites (tertiary alicyclic amines) is 1. The standard InChI is InChI=1S/C22H36N4O2.HI/c1-18(26-11-12-27-15-19(26)2)13-24-22(23-3)25-10-9-21(14-25)17-28-16-20-7-5-4-6-8-20;/h4-8,18-19,21H,9-17H2,1-3H3,(H,23,24);1H. The summed E-state index contributed by atoms with van der Waals surface area (Å²) in [6.07, 6.45) is 1.16. The number of nitrogens with one attached hydrogen (secondary N) is 1. The van der Waals surface area contributed by atoms with Crippen LogP contribution in [0.3, 0.4) is 0 Å². The molecular formula is C22H37IN4O2. The molecule has 7 heteroatoms. The first kappa shape index (κ1) is 24.4. The summed E-state index contributed by atoms with van der Waals surface area (Å²) in [6.45, 7) is 11.7. The van der Waals surface area contributed by atoms with Gasteiger partial charge in [0, 0.05) is 51.2 Å². The highest BCUT2D eigenvalue weighted by Crippen LogP contribution is 2.17. The summed E-state index contributed by atoms with van der Waals surface area (Å²) in [5, 5.41) is 3.58. The molecule has 2 aliphatic heterocycles. The van der Waals surface area contributed by atoms with Gasteiger partial charge in [0.15, 0.2) is 5.96 Å². The molecule has 2 heterocycles. The van der Waals surface area contributed by atoms with E-state index in [4.69, 9.17) is 9.47 Å². The van der Waals surface area contributed by atoms with Crippen molar-refractivity contribution in [2.24, 2.45) is 10.9 Å². The Kier molecular flexibility index (Phi) is 10.7. The summed E-state index contributed by atoms with van der Waals surface area (Å²) < 4.78 is 11.5.